The molecule has 2 aromatic rings. The fourth-order valence-electron chi connectivity index (χ4n) is 1.48. The first-order chi connectivity index (χ1) is 8.66. The molecule has 18 heavy (non-hydrogen) atoms. The maximum Gasteiger partial charge on any atom is 0.251 e. The third kappa shape index (κ3) is 3.01. The van der Waals surface area contributed by atoms with Crippen LogP contribution in [0.2, 0.25) is 5.02 Å². The second-order valence-corrected chi connectivity index (χ2v) is 4.16. The summed E-state index contributed by atoms with van der Waals surface area (Å²) in [5, 5.41) is 12.2. The normalized spacial score (nSPS) is 10.3. The smallest absolute Gasteiger partial charge is 0.251 e. The van der Waals surface area contributed by atoms with Gasteiger partial charge >= 0.3 is 0 Å². The third-order valence-corrected chi connectivity index (χ3v) is 2.75. The predicted molar refractivity (Wildman–Crippen MR) is 67.7 cm³/mol. The molecule has 3 N–H and O–H groups in total. The molecule has 0 aliphatic carbocycles. The molecule has 5 nitrogen and oxygen atoms in total. The number of imidazole rings is 1. The molecule has 0 atom stereocenters. The fourth-order valence-corrected chi connectivity index (χ4v) is 1.66. The van der Waals surface area contributed by atoms with E-state index in [0.717, 1.165) is 5.69 Å². The Balaban J connectivity index is 1.89. The van der Waals surface area contributed by atoms with Gasteiger partial charge in [0.25, 0.3) is 5.91 Å². The van der Waals surface area contributed by atoms with E-state index in [2.05, 4.69) is 15.3 Å². The standard InChI is InChI=1S/C12H12ClN3O2/c13-10-5-8(1-2-11(10)17)12(18)15-4-3-9-6-14-7-16-9/h1-2,5-7,17H,3-4H2,(H,14,16)(H,15,18). The lowest BCUT2D eigenvalue weighted by Gasteiger charge is -2.05. The second kappa shape index (κ2) is 5.55. The molecule has 94 valence electrons. The zero-order valence-electron chi connectivity index (χ0n) is 9.48. The lowest BCUT2D eigenvalue weighted by molar-refractivity contribution is 0.0954. The molecule has 0 bridgehead atoms. The van der Waals surface area contributed by atoms with Crippen molar-refractivity contribution in [2.24, 2.45) is 0 Å². The van der Waals surface area contributed by atoms with Crippen LogP contribution in [0, 0.1) is 0 Å². The molecule has 1 amide bonds. The molecular weight excluding hydrogens is 254 g/mol. The van der Waals surface area contributed by atoms with E-state index < -0.39 is 0 Å². The number of hydrogen-bond donors (Lipinski definition) is 3. The number of aromatic amines is 1. The van der Waals surface area contributed by atoms with E-state index in [-0.39, 0.29) is 16.7 Å². The minimum Gasteiger partial charge on any atom is -0.506 e. The van der Waals surface area contributed by atoms with Gasteiger partial charge in [0.2, 0.25) is 0 Å². The first-order valence-corrected chi connectivity index (χ1v) is 5.78. The minimum absolute atomic E-state index is 0.0364. The lowest BCUT2D eigenvalue weighted by Crippen LogP contribution is -2.25. The van der Waals surface area contributed by atoms with Crippen molar-refractivity contribution in [3.8, 4) is 5.75 Å². The summed E-state index contributed by atoms with van der Waals surface area (Å²) in [6.45, 7) is 0.500. The highest BCUT2D eigenvalue weighted by Crippen LogP contribution is 2.23. The SMILES string of the molecule is O=C(NCCc1cnc[nH]1)c1ccc(O)c(Cl)c1. The Morgan fingerprint density at radius 1 is 1.50 bits per heavy atom. The first kappa shape index (κ1) is 12.4. The highest BCUT2D eigenvalue weighted by atomic mass is 35.5. The number of nitrogens with one attached hydrogen (secondary N) is 2. The van der Waals surface area contributed by atoms with E-state index in [0.29, 0.717) is 18.5 Å². The van der Waals surface area contributed by atoms with Crippen molar-refractivity contribution in [3.63, 3.8) is 0 Å². The van der Waals surface area contributed by atoms with Gasteiger partial charge in [0.15, 0.2) is 0 Å². The van der Waals surface area contributed by atoms with Gasteiger partial charge in [-0.1, -0.05) is 11.6 Å². The Kier molecular flexibility index (Phi) is 3.84. The van der Waals surface area contributed by atoms with Crippen molar-refractivity contribution in [1.82, 2.24) is 15.3 Å². The summed E-state index contributed by atoms with van der Waals surface area (Å²) in [5.41, 5.74) is 1.38. The quantitative estimate of drug-likeness (QED) is 0.788. The van der Waals surface area contributed by atoms with Crippen LogP contribution >= 0.6 is 11.6 Å². The first-order valence-electron chi connectivity index (χ1n) is 5.41. The van der Waals surface area contributed by atoms with Crippen LogP contribution in [0.25, 0.3) is 0 Å². The number of aromatic nitrogens is 2. The predicted octanol–water partition coefficient (Wildman–Crippen LogP) is 1.74. The van der Waals surface area contributed by atoms with E-state index in [1.807, 2.05) is 0 Å². The molecule has 0 saturated carbocycles. The lowest BCUT2D eigenvalue weighted by atomic mass is 10.2. The molecule has 0 spiro atoms. The molecule has 0 unspecified atom stereocenters. The maximum atomic E-state index is 11.8. The van der Waals surface area contributed by atoms with Crippen molar-refractivity contribution in [1.29, 1.82) is 0 Å². The van der Waals surface area contributed by atoms with Gasteiger partial charge < -0.3 is 15.4 Å². The summed E-state index contributed by atoms with van der Waals surface area (Å²) in [5.74, 6) is -0.262. The van der Waals surface area contributed by atoms with Crippen LogP contribution in [-0.4, -0.2) is 27.5 Å². The van der Waals surface area contributed by atoms with Crippen LogP contribution in [0.1, 0.15) is 16.1 Å². The van der Waals surface area contributed by atoms with E-state index in [1.165, 1.54) is 18.2 Å². The largest absolute Gasteiger partial charge is 0.506 e. The van der Waals surface area contributed by atoms with E-state index in [1.54, 1.807) is 12.5 Å². The third-order valence-electron chi connectivity index (χ3n) is 2.44. The Hall–Kier alpha value is -2.01. The van der Waals surface area contributed by atoms with Crippen LogP contribution in [0.3, 0.4) is 0 Å². The molecule has 0 fully saturated rings. The summed E-state index contributed by atoms with van der Waals surface area (Å²) < 4.78 is 0. The maximum absolute atomic E-state index is 11.8. The van der Waals surface area contributed by atoms with Gasteiger partial charge in [0, 0.05) is 30.4 Å². The molecule has 0 saturated heterocycles. The van der Waals surface area contributed by atoms with Crippen molar-refractivity contribution in [3.05, 3.63) is 47.0 Å². The average molecular weight is 266 g/mol. The number of nitrogens with zero attached hydrogens (tertiary/aromatic N) is 1. The van der Waals surface area contributed by atoms with E-state index in [4.69, 9.17) is 11.6 Å². The summed E-state index contributed by atoms with van der Waals surface area (Å²) in [6.07, 6.45) is 3.98. The van der Waals surface area contributed by atoms with Gasteiger partial charge in [0.1, 0.15) is 5.75 Å². The van der Waals surface area contributed by atoms with Crippen LogP contribution < -0.4 is 5.32 Å². The highest BCUT2D eigenvalue weighted by Gasteiger charge is 2.07. The van der Waals surface area contributed by atoms with Gasteiger partial charge in [-0.3, -0.25) is 4.79 Å². The van der Waals surface area contributed by atoms with Crippen molar-refractivity contribution < 1.29 is 9.90 Å². The van der Waals surface area contributed by atoms with Gasteiger partial charge in [-0.2, -0.15) is 0 Å². The zero-order chi connectivity index (χ0) is 13.0. The number of aromatic hydroxyl groups is 1. The summed E-state index contributed by atoms with van der Waals surface area (Å²) in [6, 6.07) is 4.35. The van der Waals surface area contributed by atoms with Gasteiger partial charge in [-0.25, -0.2) is 4.98 Å². The molecule has 0 aliphatic heterocycles. The number of carbonyl (C=O) groups is 1. The summed E-state index contributed by atoms with van der Waals surface area (Å²) >= 11 is 5.73. The van der Waals surface area contributed by atoms with E-state index >= 15 is 0 Å². The number of carbonyl (C=O) groups excluding carboxylic acids is 1. The molecule has 1 heterocycles. The Bertz CT molecular complexity index is 540. The van der Waals surface area contributed by atoms with Crippen molar-refractivity contribution >= 4 is 17.5 Å². The van der Waals surface area contributed by atoms with E-state index in [9.17, 15) is 9.90 Å². The molecule has 0 aliphatic rings. The van der Waals surface area contributed by atoms with Gasteiger partial charge in [0.05, 0.1) is 11.3 Å². The molecule has 1 aromatic heterocycles. The molecular formula is C12H12ClN3O2. The van der Waals surface area contributed by atoms with Crippen molar-refractivity contribution in [2.75, 3.05) is 6.54 Å². The van der Waals surface area contributed by atoms with Crippen LogP contribution in [0.5, 0.6) is 5.75 Å². The van der Waals surface area contributed by atoms with Gasteiger partial charge in [-0.05, 0) is 18.2 Å². The van der Waals surface area contributed by atoms with Crippen LogP contribution in [0.4, 0.5) is 0 Å². The molecule has 0 radical (unpaired) electrons. The number of halogens is 1. The van der Waals surface area contributed by atoms with Gasteiger partial charge in [-0.15, -0.1) is 0 Å². The van der Waals surface area contributed by atoms with Crippen molar-refractivity contribution in [2.45, 2.75) is 6.42 Å². The number of phenolic OH excluding ortho intramolecular Hbond substituents is 1. The Labute approximate surface area is 109 Å². The zero-order valence-corrected chi connectivity index (χ0v) is 10.2. The molecule has 2 rings (SSSR count). The number of phenols is 1. The average Bonchev–Trinajstić information content (AvgIpc) is 2.85. The number of hydrogen-bond acceptors (Lipinski definition) is 3. The Morgan fingerprint density at radius 3 is 3.00 bits per heavy atom. The van der Waals surface area contributed by atoms with Crippen LogP contribution in [0.15, 0.2) is 30.7 Å². The number of amides is 1. The fraction of sp³-hybridized carbons (Fsp3) is 0.167. The Morgan fingerprint density at radius 2 is 2.33 bits per heavy atom. The number of rotatable bonds is 4. The van der Waals surface area contributed by atoms with Crippen LogP contribution in [-0.2, 0) is 6.42 Å². The number of H-pyrrole nitrogens is 1. The molecule has 1 aromatic carbocycles. The number of benzene rings is 1. The summed E-state index contributed by atoms with van der Waals surface area (Å²) in [4.78, 5) is 18.6. The minimum atomic E-state index is -0.226. The topological polar surface area (TPSA) is 78.0 Å². The monoisotopic (exact) mass is 265 g/mol. The molecule has 6 heteroatoms. The summed E-state index contributed by atoms with van der Waals surface area (Å²) in [7, 11) is 0. The highest BCUT2D eigenvalue weighted by molar-refractivity contribution is 6.32. The second-order valence-electron chi connectivity index (χ2n) is 3.75.